The second-order valence-corrected chi connectivity index (χ2v) is 6.79. The third kappa shape index (κ3) is 3.34. The first-order valence-corrected chi connectivity index (χ1v) is 8.92. The molecule has 1 fully saturated rings. The van der Waals surface area contributed by atoms with Gasteiger partial charge < -0.3 is 10.6 Å². The van der Waals surface area contributed by atoms with Crippen LogP contribution in [-0.4, -0.2) is 18.4 Å². The molecule has 2 aromatic carbocycles. The van der Waals surface area contributed by atoms with Crippen molar-refractivity contribution in [3.63, 3.8) is 0 Å². The van der Waals surface area contributed by atoms with E-state index >= 15 is 0 Å². The van der Waals surface area contributed by atoms with Crippen molar-refractivity contribution in [3.8, 4) is 0 Å². The van der Waals surface area contributed by atoms with Crippen LogP contribution in [-0.2, 0) is 10.2 Å². The molecule has 0 aromatic heterocycles. The van der Waals surface area contributed by atoms with Crippen LogP contribution in [0.2, 0.25) is 0 Å². The molecule has 0 saturated heterocycles. The fraction of sp³-hybridized carbons (Fsp3) is 0.333. The van der Waals surface area contributed by atoms with Crippen LogP contribution in [0.1, 0.15) is 47.7 Å². The topological polar surface area (TPSA) is 58.2 Å². The van der Waals surface area contributed by atoms with E-state index in [2.05, 4.69) is 10.6 Å². The highest BCUT2D eigenvalue weighted by atomic mass is 19.1. The Kier molecular flexibility index (Phi) is 5.07. The molecule has 2 amide bonds. The summed E-state index contributed by atoms with van der Waals surface area (Å²) in [6, 6.07) is 11.4. The van der Waals surface area contributed by atoms with Gasteiger partial charge in [0.15, 0.2) is 0 Å². The number of nitrogens with one attached hydrogen (secondary N) is 2. The lowest BCUT2D eigenvalue weighted by atomic mass is 9.63. The largest absolute Gasteiger partial charge is 0.352 e. The summed E-state index contributed by atoms with van der Waals surface area (Å²) in [6.45, 7) is 4.29. The summed E-state index contributed by atoms with van der Waals surface area (Å²) in [5, 5.41) is 5.75. The number of hydrogen-bond acceptors (Lipinski definition) is 2. The Labute approximate surface area is 152 Å². The summed E-state index contributed by atoms with van der Waals surface area (Å²) in [6.07, 6.45) is 2.43. The first kappa shape index (κ1) is 18.1. The molecule has 0 heterocycles. The van der Waals surface area contributed by atoms with Gasteiger partial charge in [-0.05, 0) is 62.1 Å². The molecule has 1 saturated carbocycles. The van der Waals surface area contributed by atoms with Crippen molar-refractivity contribution in [1.29, 1.82) is 0 Å². The van der Waals surface area contributed by atoms with Gasteiger partial charge in [0.2, 0.25) is 5.91 Å². The summed E-state index contributed by atoms with van der Waals surface area (Å²) in [5.41, 5.74) is 2.24. The minimum absolute atomic E-state index is 0.105. The van der Waals surface area contributed by atoms with E-state index in [0.717, 1.165) is 30.4 Å². The summed E-state index contributed by atoms with van der Waals surface area (Å²) in [7, 11) is 0. The third-order valence-corrected chi connectivity index (χ3v) is 5.12. The van der Waals surface area contributed by atoms with Crippen molar-refractivity contribution in [2.75, 3.05) is 11.9 Å². The van der Waals surface area contributed by atoms with Crippen LogP contribution >= 0.6 is 0 Å². The van der Waals surface area contributed by atoms with Crippen molar-refractivity contribution in [2.45, 2.75) is 38.5 Å². The van der Waals surface area contributed by atoms with Crippen LogP contribution in [0.25, 0.3) is 0 Å². The van der Waals surface area contributed by atoms with E-state index in [1.165, 1.54) is 12.1 Å². The van der Waals surface area contributed by atoms with Crippen molar-refractivity contribution >= 4 is 17.5 Å². The van der Waals surface area contributed by atoms with Crippen LogP contribution in [0, 0.1) is 12.7 Å². The first-order valence-electron chi connectivity index (χ1n) is 8.92. The third-order valence-electron chi connectivity index (χ3n) is 5.12. The summed E-state index contributed by atoms with van der Waals surface area (Å²) in [5.74, 6) is -0.583. The van der Waals surface area contributed by atoms with E-state index in [9.17, 15) is 14.0 Å². The Balaban J connectivity index is 1.85. The summed E-state index contributed by atoms with van der Waals surface area (Å²) in [4.78, 5) is 25.1. The first-order chi connectivity index (χ1) is 12.5. The van der Waals surface area contributed by atoms with Gasteiger partial charge in [0.1, 0.15) is 5.82 Å². The smallest absolute Gasteiger partial charge is 0.251 e. The van der Waals surface area contributed by atoms with Crippen molar-refractivity contribution in [2.24, 2.45) is 0 Å². The number of benzene rings is 2. The number of carbonyl (C=O) groups excluding carboxylic acids is 2. The van der Waals surface area contributed by atoms with Crippen LogP contribution in [0.4, 0.5) is 10.1 Å². The Morgan fingerprint density at radius 1 is 1.12 bits per heavy atom. The Morgan fingerprint density at radius 2 is 1.81 bits per heavy atom. The van der Waals surface area contributed by atoms with Gasteiger partial charge in [-0.1, -0.05) is 24.6 Å². The van der Waals surface area contributed by atoms with Gasteiger partial charge in [-0.3, -0.25) is 9.59 Å². The van der Waals surface area contributed by atoms with E-state index in [-0.39, 0.29) is 17.6 Å². The molecule has 0 radical (unpaired) electrons. The Morgan fingerprint density at radius 3 is 2.38 bits per heavy atom. The highest BCUT2D eigenvalue weighted by molar-refractivity contribution is 6.02. The molecule has 3 rings (SSSR count). The Bertz CT molecular complexity index is 826. The lowest BCUT2D eigenvalue weighted by Crippen LogP contribution is -2.46. The molecule has 2 N–H and O–H groups in total. The maximum atomic E-state index is 13.2. The highest BCUT2D eigenvalue weighted by Gasteiger charge is 2.45. The number of carbonyl (C=O) groups is 2. The number of hydrogen-bond donors (Lipinski definition) is 2. The van der Waals surface area contributed by atoms with Crippen molar-refractivity contribution < 1.29 is 14.0 Å². The number of anilines is 1. The van der Waals surface area contributed by atoms with Crippen molar-refractivity contribution in [3.05, 3.63) is 65.0 Å². The molecular formula is C21H23FN2O2. The molecule has 4 nitrogen and oxygen atoms in total. The van der Waals surface area contributed by atoms with E-state index in [1.807, 2.05) is 19.9 Å². The van der Waals surface area contributed by atoms with Crippen LogP contribution in [0.3, 0.4) is 0 Å². The van der Waals surface area contributed by atoms with E-state index < -0.39 is 5.41 Å². The second kappa shape index (κ2) is 7.28. The van der Waals surface area contributed by atoms with Gasteiger partial charge in [0.05, 0.1) is 5.41 Å². The van der Waals surface area contributed by atoms with E-state index in [1.54, 1.807) is 24.3 Å². The van der Waals surface area contributed by atoms with Gasteiger partial charge in [0.25, 0.3) is 5.91 Å². The number of amides is 2. The minimum Gasteiger partial charge on any atom is -0.352 e. The molecule has 0 aliphatic heterocycles. The molecule has 0 spiro atoms. The van der Waals surface area contributed by atoms with Crippen LogP contribution in [0.5, 0.6) is 0 Å². The molecule has 0 unspecified atom stereocenters. The van der Waals surface area contributed by atoms with Gasteiger partial charge >= 0.3 is 0 Å². The quantitative estimate of drug-likeness (QED) is 0.854. The molecule has 5 heteroatoms. The lowest BCUT2D eigenvalue weighted by Gasteiger charge is -2.40. The van der Waals surface area contributed by atoms with Gasteiger partial charge in [-0.2, -0.15) is 0 Å². The number of aryl methyl sites for hydroxylation is 1. The molecule has 0 bridgehead atoms. The number of rotatable bonds is 5. The fourth-order valence-electron chi connectivity index (χ4n) is 3.35. The average molecular weight is 354 g/mol. The van der Waals surface area contributed by atoms with Gasteiger partial charge in [0, 0.05) is 17.8 Å². The van der Waals surface area contributed by atoms with Crippen molar-refractivity contribution in [1.82, 2.24) is 5.32 Å². The van der Waals surface area contributed by atoms with Gasteiger partial charge in [-0.25, -0.2) is 4.39 Å². The zero-order valence-corrected chi connectivity index (χ0v) is 15.1. The molecule has 0 atom stereocenters. The second-order valence-electron chi connectivity index (χ2n) is 6.79. The lowest BCUT2D eigenvalue weighted by molar-refractivity contribution is -0.124. The normalized spacial score (nSPS) is 15.0. The SMILES string of the molecule is CCNC(=O)c1ccc(C)c(NC(=O)C2(c3ccc(F)cc3)CCC2)c1. The van der Waals surface area contributed by atoms with E-state index in [0.29, 0.717) is 17.8 Å². The molecule has 1 aliphatic carbocycles. The summed E-state index contributed by atoms with van der Waals surface area (Å²) >= 11 is 0. The monoisotopic (exact) mass is 354 g/mol. The fourth-order valence-corrected chi connectivity index (χ4v) is 3.35. The van der Waals surface area contributed by atoms with E-state index in [4.69, 9.17) is 0 Å². The maximum absolute atomic E-state index is 13.2. The zero-order valence-electron chi connectivity index (χ0n) is 15.1. The zero-order chi connectivity index (χ0) is 18.7. The maximum Gasteiger partial charge on any atom is 0.251 e. The minimum atomic E-state index is -0.623. The van der Waals surface area contributed by atoms with Crippen LogP contribution in [0.15, 0.2) is 42.5 Å². The highest BCUT2D eigenvalue weighted by Crippen LogP contribution is 2.44. The standard InChI is InChI=1S/C21H23FN2O2/c1-3-23-19(25)15-6-5-14(2)18(13-15)24-20(26)21(11-4-12-21)16-7-9-17(22)10-8-16/h5-10,13H,3-4,11-12H2,1-2H3,(H,23,25)(H,24,26). The summed E-state index contributed by atoms with van der Waals surface area (Å²) < 4.78 is 13.2. The number of halogens is 1. The van der Waals surface area contributed by atoms with Gasteiger partial charge in [-0.15, -0.1) is 0 Å². The average Bonchev–Trinajstić information content (AvgIpc) is 2.57. The predicted octanol–water partition coefficient (Wildman–Crippen LogP) is 3.94. The molecule has 26 heavy (non-hydrogen) atoms. The molecule has 136 valence electrons. The molecule has 2 aromatic rings. The predicted molar refractivity (Wildman–Crippen MR) is 99.7 cm³/mol. The molecule has 1 aliphatic rings. The van der Waals surface area contributed by atoms with Crippen LogP contribution < -0.4 is 10.6 Å². The Hall–Kier alpha value is -2.69. The molecular weight excluding hydrogens is 331 g/mol.